The molecule has 48 heavy (non-hydrogen) atoms. The standard InChI is InChI=1S/C44H52N2S2/c1-7-23-45(42-17-10-8-11-18-42)29-37-27-41(22-21-33(37)2)44(5,6)40-16-14-15-36(26-40)28-46(43-19-12-9-13-20-43)32-48-31-39-25-35(4)34(3)24-38(39)30-47/h8-22,24-27,47H,7,23,28-32H2,1-6H3. The van der Waals surface area contributed by atoms with Gasteiger partial charge in [-0.3, -0.25) is 0 Å². The minimum Gasteiger partial charge on any atom is -0.367 e. The van der Waals surface area contributed by atoms with Crippen LogP contribution in [0.3, 0.4) is 0 Å². The zero-order valence-corrected chi connectivity index (χ0v) is 31.4. The van der Waals surface area contributed by atoms with Crippen molar-refractivity contribution in [2.75, 3.05) is 22.2 Å². The molecule has 0 spiro atoms. The quantitative estimate of drug-likeness (QED) is 0.0874. The Labute approximate surface area is 300 Å². The molecular formula is C44H52N2S2. The molecule has 0 unspecified atom stereocenters. The Morgan fingerprint density at radius 3 is 1.88 bits per heavy atom. The van der Waals surface area contributed by atoms with E-state index in [-0.39, 0.29) is 5.41 Å². The third kappa shape index (κ3) is 8.89. The number of aryl methyl sites for hydroxylation is 3. The fraction of sp³-hybridized carbons (Fsp3) is 0.318. The molecule has 4 heteroatoms. The predicted octanol–water partition coefficient (Wildman–Crippen LogP) is 11.7. The van der Waals surface area contributed by atoms with Crippen molar-refractivity contribution < 1.29 is 0 Å². The first kappa shape index (κ1) is 35.7. The highest BCUT2D eigenvalue weighted by atomic mass is 32.2. The lowest BCUT2D eigenvalue weighted by molar-refractivity contribution is 0.636. The first-order chi connectivity index (χ1) is 23.2. The summed E-state index contributed by atoms with van der Waals surface area (Å²) < 4.78 is 0. The van der Waals surface area contributed by atoms with Crippen molar-refractivity contribution in [3.05, 3.63) is 165 Å². The van der Waals surface area contributed by atoms with Gasteiger partial charge in [0.05, 0.1) is 5.88 Å². The maximum atomic E-state index is 4.63. The number of para-hydroxylation sites is 2. The number of hydrogen-bond donors (Lipinski definition) is 1. The normalized spacial score (nSPS) is 11.5. The molecule has 0 aliphatic carbocycles. The number of thiol groups is 1. The average Bonchev–Trinajstić information content (AvgIpc) is 3.10. The third-order valence-electron chi connectivity index (χ3n) is 9.68. The van der Waals surface area contributed by atoms with Crippen molar-refractivity contribution in [2.45, 2.75) is 78.0 Å². The van der Waals surface area contributed by atoms with Gasteiger partial charge in [-0.05, 0) is 102 Å². The summed E-state index contributed by atoms with van der Waals surface area (Å²) in [5.41, 5.74) is 14.6. The van der Waals surface area contributed by atoms with Crippen LogP contribution < -0.4 is 9.80 Å². The molecule has 5 rings (SSSR count). The van der Waals surface area contributed by atoms with Gasteiger partial charge in [0.15, 0.2) is 0 Å². The lowest BCUT2D eigenvalue weighted by Crippen LogP contribution is -2.25. The smallest absolute Gasteiger partial charge is 0.0646 e. The Morgan fingerprint density at radius 1 is 0.604 bits per heavy atom. The van der Waals surface area contributed by atoms with Gasteiger partial charge in [0, 0.05) is 47.9 Å². The van der Waals surface area contributed by atoms with Crippen LogP contribution in [0.5, 0.6) is 0 Å². The molecule has 0 atom stereocenters. The van der Waals surface area contributed by atoms with Crippen LogP contribution in [0.1, 0.15) is 77.3 Å². The molecule has 250 valence electrons. The summed E-state index contributed by atoms with van der Waals surface area (Å²) in [6, 6.07) is 42.7. The summed E-state index contributed by atoms with van der Waals surface area (Å²) in [7, 11) is 0. The van der Waals surface area contributed by atoms with Gasteiger partial charge < -0.3 is 9.80 Å². The first-order valence-corrected chi connectivity index (χ1v) is 19.0. The van der Waals surface area contributed by atoms with Crippen molar-refractivity contribution in [3.8, 4) is 0 Å². The van der Waals surface area contributed by atoms with E-state index in [2.05, 4.69) is 179 Å². The molecule has 0 saturated carbocycles. The maximum absolute atomic E-state index is 4.63. The summed E-state index contributed by atoms with van der Waals surface area (Å²) in [5, 5.41) is 0. The number of anilines is 2. The second kappa shape index (κ2) is 16.7. The highest BCUT2D eigenvalue weighted by Crippen LogP contribution is 2.34. The lowest BCUT2D eigenvalue weighted by atomic mass is 9.77. The Kier molecular flexibility index (Phi) is 12.4. The largest absolute Gasteiger partial charge is 0.367 e. The van der Waals surface area contributed by atoms with Crippen LogP contribution in [-0.2, 0) is 30.0 Å². The van der Waals surface area contributed by atoms with E-state index in [0.29, 0.717) is 0 Å². The third-order valence-corrected chi connectivity index (χ3v) is 11.0. The van der Waals surface area contributed by atoms with Crippen LogP contribution >= 0.6 is 24.4 Å². The van der Waals surface area contributed by atoms with E-state index in [1.807, 2.05) is 11.8 Å². The van der Waals surface area contributed by atoms with Gasteiger partial charge in [0.1, 0.15) is 0 Å². The lowest BCUT2D eigenvalue weighted by Gasteiger charge is -2.30. The molecule has 2 nitrogen and oxygen atoms in total. The van der Waals surface area contributed by atoms with Crippen LogP contribution in [-0.4, -0.2) is 12.4 Å². The molecule has 0 radical (unpaired) electrons. The number of hydrogen-bond acceptors (Lipinski definition) is 4. The molecule has 5 aromatic rings. The molecule has 0 amide bonds. The van der Waals surface area contributed by atoms with Crippen LogP contribution in [0.2, 0.25) is 0 Å². The predicted molar refractivity (Wildman–Crippen MR) is 215 cm³/mol. The first-order valence-electron chi connectivity index (χ1n) is 17.3. The Hall–Kier alpha value is -3.60. The van der Waals surface area contributed by atoms with Gasteiger partial charge in [-0.25, -0.2) is 0 Å². The zero-order chi connectivity index (χ0) is 34.1. The van der Waals surface area contributed by atoms with E-state index >= 15 is 0 Å². The van der Waals surface area contributed by atoms with Gasteiger partial charge >= 0.3 is 0 Å². The second-order valence-electron chi connectivity index (χ2n) is 13.6. The number of thioether (sulfide) groups is 1. The Balaban J connectivity index is 1.36. The molecule has 0 aliphatic rings. The molecule has 0 aromatic heterocycles. The topological polar surface area (TPSA) is 6.48 Å². The Morgan fingerprint density at radius 2 is 1.23 bits per heavy atom. The fourth-order valence-electron chi connectivity index (χ4n) is 6.42. The van der Waals surface area contributed by atoms with E-state index in [1.165, 1.54) is 61.4 Å². The fourth-order valence-corrected chi connectivity index (χ4v) is 7.76. The van der Waals surface area contributed by atoms with E-state index in [4.69, 9.17) is 0 Å². The van der Waals surface area contributed by atoms with Crippen LogP contribution in [0.25, 0.3) is 0 Å². The summed E-state index contributed by atoms with van der Waals surface area (Å²) in [5.74, 6) is 2.66. The van der Waals surface area contributed by atoms with E-state index in [1.54, 1.807) is 0 Å². The van der Waals surface area contributed by atoms with Crippen LogP contribution in [0.4, 0.5) is 11.4 Å². The van der Waals surface area contributed by atoms with Crippen molar-refractivity contribution >= 4 is 35.8 Å². The van der Waals surface area contributed by atoms with E-state index in [0.717, 1.165) is 43.4 Å². The van der Waals surface area contributed by atoms with Gasteiger partial charge in [-0.1, -0.05) is 112 Å². The Bertz CT molecular complexity index is 1760. The van der Waals surface area contributed by atoms with Gasteiger partial charge in [0.25, 0.3) is 0 Å². The minimum absolute atomic E-state index is 0.139. The van der Waals surface area contributed by atoms with Crippen LogP contribution in [0, 0.1) is 20.8 Å². The highest BCUT2D eigenvalue weighted by Gasteiger charge is 2.25. The maximum Gasteiger partial charge on any atom is 0.0646 e. The molecule has 0 fully saturated rings. The van der Waals surface area contributed by atoms with E-state index < -0.39 is 0 Å². The van der Waals surface area contributed by atoms with Crippen molar-refractivity contribution in [1.29, 1.82) is 0 Å². The van der Waals surface area contributed by atoms with Gasteiger partial charge in [-0.2, -0.15) is 12.6 Å². The zero-order valence-electron chi connectivity index (χ0n) is 29.7. The van der Waals surface area contributed by atoms with Crippen LogP contribution in [0.15, 0.2) is 115 Å². The second-order valence-corrected chi connectivity index (χ2v) is 14.9. The number of benzene rings is 5. The van der Waals surface area contributed by atoms with Crippen molar-refractivity contribution in [3.63, 3.8) is 0 Å². The molecule has 0 aliphatic heterocycles. The SMILES string of the molecule is CCCN(Cc1cc(C(C)(C)c2cccc(CN(CSCc3cc(C)c(C)cc3CS)c3ccccc3)c2)ccc1C)c1ccccc1. The molecule has 0 heterocycles. The highest BCUT2D eigenvalue weighted by molar-refractivity contribution is 7.98. The molecule has 0 N–H and O–H groups in total. The number of rotatable bonds is 15. The van der Waals surface area contributed by atoms with Gasteiger partial charge in [0.2, 0.25) is 0 Å². The van der Waals surface area contributed by atoms with Gasteiger partial charge in [-0.15, -0.1) is 11.8 Å². The summed E-state index contributed by atoms with van der Waals surface area (Å²) >= 11 is 6.61. The average molecular weight is 673 g/mol. The van der Waals surface area contributed by atoms with E-state index in [9.17, 15) is 0 Å². The summed E-state index contributed by atoms with van der Waals surface area (Å²) in [6.45, 7) is 16.5. The monoisotopic (exact) mass is 672 g/mol. The molecule has 0 saturated heterocycles. The minimum atomic E-state index is -0.139. The number of nitrogens with zero attached hydrogens (tertiary/aromatic N) is 2. The van der Waals surface area contributed by atoms with Crippen molar-refractivity contribution in [2.24, 2.45) is 0 Å². The molecule has 5 aromatic carbocycles. The summed E-state index contributed by atoms with van der Waals surface area (Å²) in [6.07, 6.45) is 1.12. The molecule has 0 bridgehead atoms. The van der Waals surface area contributed by atoms with Crippen molar-refractivity contribution in [1.82, 2.24) is 0 Å². The molecular weight excluding hydrogens is 621 g/mol. The summed E-state index contributed by atoms with van der Waals surface area (Å²) in [4.78, 5) is 5.02.